The van der Waals surface area contributed by atoms with E-state index < -0.39 is 16.1 Å². The van der Waals surface area contributed by atoms with E-state index in [0.29, 0.717) is 43.3 Å². The third-order valence-electron chi connectivity index (χ3n) is 5.77. The largest absolute Gasteiger partial charge is 0.495 e. The van der Waals surface area contributed by atoms with Crippen molar-refractivity contribution in [1.82, 2.24) is 10.2 Å². The number of methoxy groups -OCH3 is 1. The summed E-state index contributed by atoms with van der Waals surface area (Å²) < 4.78 is 31.7. The SMILES string of the molecule is CC[C@@H](C(=O)NCC(C)C)N(Cc1ccccc1)C(=O)CCCN(c1ccccc1OC)S(C)(=O)=O. The Kier molecular flexibility index (Phi) is 11.2. The van der Waals surface area contributed by atoms with Crippen molar-refractivity contribution < 1.29 is 22.7 Å². The van der Waals surface area contributed by atoms with E-state index in [0.717, 1.165) is 11.8 Å². The van der Waals surface area contributed by atoms with E-state index in [2.05, 4.69) is 5.32 Å². The van der Waals surface area contributed by atoms with Gasteiger partial charge in [-0.1, -0.05) is 63.2 Å². The average Bonchev–Trinajstić information content (AvgIpc) is 2.85. The number of hydrogen-bond acceptors (Lipinski definition) is 5. The van der Waals surface area contributed by atoms with Crippen molar-refractivity contribution in [2.75, 3.05) is 30.8 Å². The van der Waals surface area contributed by atoms with E-state index in [4.69, 9.17) is 4.74 Å². The summed E-state index contributed by atoms with van der Waals surface area (Å²) >= 11 is 0. The van der Waals surface area contributed by atoms with Crippen LogP contribution in [-0.4, -0.2) is 57.6 Å². The smallest absolute Gasteiger partial charge is 0.242 e. The summed E-state index contributed by atoms with van der Waals surface area (Å²) in [5.74, 6) is 0.357. The van der Waals surface area contributed by atoms with E-state index in [1.165, 1.54) is 11.4 Å². The molecule has 2 rings (SSSR count). The zero-order valence-corrected chi connectivity index (χ0v) is 22.8. The Hall–Kier alpha value is -3.07. The first-order valence-corrected chi connectivity index (χ1v) is 14.1. The fraction of sp³-hybridized carbons (Fsp3) is 0.481. The van der Waals surface area contributed by atoms with Crippen molar-refractivity contribution in [3.63, 3.8) is 0 Å². The maximum atomic E-state index is 13.4. The van der Waals surface area contributed by atoms with Crippen molar-refractivity contribution in [2.24, 2.45) is 5.92 Å². The summed E-state index contributed by atoms with van der Waals surface area (Å²) in [5, 5.41) is 2.95. The number of nitrogens with zero attached hydrogens (tertiary/aromatic N) is 2. The minimum Gasteiger partial charge on any atom is -0.495 e. The predicted octanol–water partition coefficient (Wildman–Crippen LogP) is 3.82. The first-order valence-electron chi connectivity index (χ1n) is 12.3. The molecule has 8 nitrogen and oxygen atoms in total. The Bertz CT molecular complexity index is 1090. The molecular weight excluding hydrogens is 478 g/mol. The number of sulfonamides is 1. The van der Waals surface area contributed by atoms with Crippen LogP contribution in [0.1, 0.15) is 45.6 Å². The molecule has 2 amide bonds. The number of anilines is 1. The van der Waals surface area contributed by atoms with E-state index in [1.54, 1.807) is 29.2 Å². The molecule has 36 heavy (non-hydrogen) atoms. The number of amides is 2. The van der Waals surface area contributed by atoms with Crippen LogP contribution in [0.4, 0.5) is 5.69 Å². The summed E-state index contributed by atoms with van der Waals surface area (Å²) in [4.78, 5) is 28.0. The lowest BCUT2D eigenvalue weighted by atomic mass is 10.1. The number of para-hydroxylation sites is 2. The fourth-order valence-corrected chi connectivity index (χ4v) is 4.91. The Morgan fingerprint density at radius 3 is 2.25 bits per heavy atom. The number of nitrogens with one attached hydrogen (secondary N) is 1. The lowest BCUT2D eigenvalue weighted by Gasteiger charge is -2.31. The number of benzene rings is 2. The molecule has 198 valence electrons. The number of rotatable bonds is 14. The molecule has 0 saturated carbocycles. The maximum Gasteiger partial charge on any atom is 0.242 e. The normalized spacial score (nSPS) is 12.2. The van der Waals surface area contributed by atoms with Crippen LogP contribution >= 0.6 is 0 Å². The summed E-state index contributed by atoms with van der Waals surface area (Å²) in [6.45, 7) is 6.87. The standard InChI is InChI=1S/C27H39N3O5S/c1-6-23(27(32)28-19-21(2)3)29(20-22-13-8-7-9-14-22)26(31)17-12-18-30(36(5,33)34)24-15-10-11-16-25(24)35-4/h7-11,13-16,21,23H,6,12,17-20H2,1-5H3,(H,28,32)/t23-/m0/s1. The highest BCUT2D eigenvalue weighted by Crippen LogP contribution is 2.29. The van der Waals surface area contributed by atoms with Gasteiger partial charge in [-0.15, -0.1) is 0 Å². The van der Waals surface area contributed by atoms with Crippen LogP contribution in [0.5, 0.6) is 5.75 Å². The Morgan fingerprint density at radius 1 is 1.03 bits per heavy atom. The molecule has 0 saturated heterocycles. The van der Waals surface area contributed by atoms with E-state index >= 15 is 0 Å². The van der Waals surface area contributed by atoms with Gasteiger partial charge in [0, 0.05) is 26.1 Å². The van der Waals surface area contributed by atoms with E-state index in [-0.39, 0.29) is 24.8 Å². The molecule has 0 aliphatic carbocycles. The first kappa shape index (κ1) is 29.2. The van der Waals surface area contributed by atoms with Crippen molar-refractivity contribution in [3.05, 3.63) is 60.2 Å². The summed E-state index contributed by atoms with van der Waals surface area (Å²) in [6, 6.07) is 15.8. The molecule has 0 aliphatic heterocycles. The second kappa shape index (κ2) is 13.9. The van der Waals surface area contributed by atoms with Gasteiger partial charge in [-0.2, -0.15) is 0 Å². The number of carbonyl (C=O) groups excluding carboxylic acids is 2. The van der Waals surface area contributed by atoms with Crippen LogP contribution in [0.3, 0.4) is 0 Å². The lowest BCUT2D eigenvalue weighted by molar-refractivity contribution is -0.141. The van der Waals surface area contributed by atoms with Gasteiger partial charge in [0.1, 0.15) is 11.8 Å². The van der Waals surface area contributed by atoms with Crippen molar-refractivity contribution >= 4 is 27.5 Å². The van der Waals surface area contributed by atoms with Gasteiger partial charge < -0.3 is 15.0 Å². The molecular formula is C27H39N3O5S. The molecule has 0 fully saturated rings. The minimum absolute atomic E-state index is 0.0992. The van der Waals surface area contributed by atoms with Crippen LogP contribution in [0.15, 0.2) is 54.6 Å². The van der Waals surface area contributed by atoms with Gasteiger partial charge >= 0.3 is 0 Å². The molecule has 0 aromatic heterocycles. The monoisotopic (exact) mass is 517 g/mol. The quantitative estimate of drug-likeness (QED) is 0.411. The zero-order chi connectivity index (χ0) is 26.7. The van der Waals surface area contributed by atoms with Crippen LogP contribution in [-0.2, 0) is 26.2 Å². The van der Waals surface area contributed by atoms with Crippen molar-refractivity contribution in [2.45, 2.75) is 52.6 Å². The molecule has 0 aliphatic rings. The molecule has 0 radical (unpaired) electrons. The summed E-state index contributed by atoms with van der Waals surface area (Å²) in [7, 11) is -2.12. The topological polar surface area (TPSA) is 96.0 Å². The fourth-order valence-electron chi connectivity index (χ4n) is 3.94. The van der Waals surface area contributed by atoms with Crippen LogP contribution in [0.2, 0.25) is 0 Å². The predicted molar refractivity (Wildman–Crippen MR) is 143 cm³/mol. The molecule has 1 N–H and O–H groups in total. The third-order valence-corrected chi connectivity index (χ3v) is 6.95. The van der Waals surface area contributed by atoms with Gasteiger partial charge in [0.25, 0.3) is 0 Å². The van der Waals surface area contributed by atoms with Gasteiger partial charge in [-0.25, -0.2) is 8.42 Å². The molecule has 0 heterocycles. The lowest BCUT2D eigenvalue weighted by Crippen LogP contribution is -2.49. The summed E-state index contributed by atoms with van der Waals surface area (Å²) in [6.07, 6.45) is 2.00. The zero-order valence-electron chi connectivity index (χ0n) is 21.9. The average molecular weight is 518 g/mol. The molecule has 9 heteroatoms. The Labute approximate surface area is 215 Å². The molecule has 0 spiro atoms. The highest BCUT2D eigenvalue weighted by molar-refractivity contribution is 7.92. The molecule has 2 aromatic rings. The van der Waals surface area contributed by atoms with Crippen LogP contribution in [0, 0.1) is 5.92 Å². The van der Waals surface area contributed by atoms with Gasteiger partial charge in [0.2, 0.25) is 21.8 Å². The highest BCUT2D eigenvalue weighted by Gasteiger charge is 2.29. The van der Waals surface area contributed by atoms with E-state index in [1.807, 2.05) is 51.1 Å². The Morgan fingerprint density at radius 2 is 1.67 bits per heavy atom. The molecule has 0 bridgehead atoms. The van der Waals surface area contributed by atoms with Gasteiger partial charge in [0.05, 0.1) is 19.1 Å². The van der Waals surface area contributed by atoms with Gasteiger partial charge in [-0.05, 0) is 36.5 Å². The second-order valence-electron chi connectivity index (χ2n) is 9.18. The van der Waals surface area contributed by atoms with Crippen LogP contribution < -0.4 is 14.4 Å². The first-order chi connectivity index (χ1) is 17.1. The van der Waals surface area contributed by atoms with Gasteiger partial charge in [-0.3, -0.25) is 13.9 Å². The number of carbonyl (C=O) groups is 2. The Balaban J connectivity index is 2.21. The molecule has 1 atom stereocenters. The number of hydrogen-bond donors (Lipinski definition) is 1. The third kappa shape index (κ3) is 8.55. The van der Waals surface area contributed by atoms with Crippen LogP contribution in [0.25, 0.3) is 0 Å². The molecule has 0 unspecified atom stereocenters. The van der Waals surface area contributed by atoms with Crippen molar-refractivity contribution in [1.29, 1.82) is 0 Å². The van der Waals surface area contributed by atoms with Gasteiger partial charge in [0.15, 0.2) is 0 Å². The van der Waals surface area contributed by atoms with E-state index in [9.17, 15) is 18.0 Å². The second-order valence-corrected chi connectivity index (χ2v) is 11.1. The number of ether oxygens (including phenoxy) is 1. The maximum absolute atomic E-state index is 13.4. The van der Waals surface area contributed by atoms with Crippen molar-refractivity contribution in [3.8, 4) is 5.75 Å². The minimum atomic E-state index is -3.60. The molecule has 2 aromatic carbocycles. The highest BCUT2D eigenvalue weighted by atomic mass is 32.2. The summed E-state index contributed by atoms with van der Waals surface area (Å²) in [5.41, 5.74) is 1.35.